The fourth-order valence-corrected chi connectivity index (χ4v) is 1.84. The zero-order valence-electron chi connectivity index (χ0n) is 6.95. The molecule has 3 nitrogen and oxygen atoms in total. The third-order valence-corrected chi connectivity index (χ3v) is 2.57. The van der Waals surface area contributed by atoms with Crippen molar-refractivity contribution in [1.82, 2.24) is 5.32 Å². The monoisotopic (exact) mass is 159 g/mol. The van der Waals surface area contributed by atoms with E-state index >= 15 is 0 Å². The first-order valence-electron chi connectivity index (χ1n) is 4.29. The number of hydrogen-bond acceptors (Lipinski definition) is 3. The Hall–Kier alpha value is -0.120. The molecule has 0 spiro atoms. The molecule has 0 radical (unpaired) electrons. The summed E-state index contributed by atoms with van der Waals surface area (Å²) in [6.07, 6.45) is 0.680. The van der Waals surface area contributed by atoms with Gasteiger partial charge in [0.15, 0.2) is 0 Å². The first-order chi connectivity index (χ1) is 5.29. The molecule has 0 amide bonds. The molecule has 1 aliphatic heterocycles. The smallest absolute Gasteiger partial charge is 0.0696 e. The molecule has 3 N–H and O–H groups in total. The summed E-state index contributed by atoms with van der Waals surface area (Å²) in [6.45, 7) is 3.76. The first-order valence-corrected chi connectivity index (χ1v) is 4.29. The second kappa shape index (κ2) is 4.04. The zero-order chi connectivity index (χ0) is 8.27. The summed E-state index contributed by atoms with van der Waals surface area (Å²) in [7, 11) is 0. The van der Waals surface area contributed by atoms with Gasteiger partial charge in [0.25, 0.3) is 0 Å². The van der Waals surface area contributed by atoms with Crippen LogP contribution in [0.15, 0.2) is 0 Å². The first kappa shape index (κ1) is 8.97. The van der Waals surface area contributed by atoms with E-state index in [9.17, 15) is 5.11 Å². The standard InChI is InChI=1S/C8H17NO2/c1-2-7-6(5-10)3-9-4-8(7)11/h6-11H,2-5H2,1H3/t6?,7-,8+/m1/s1. The summed E-state index contributed by atoms with van der Waals surface area (Å²) in [5.74, 6) is 0.519. The highest BCUT2D eigenvalue weighted by molar-refractivity contribution is 4.83. The van der Waals surface area contributed by atoms with Crippen molar-refractivity contribution in [3.05, 3.63) is 0 Å². The molecule has 1 heterocycles. The fourth-order valence-electron chi connectivity index (χ4n) is 1.84. The maximum Gasteiger partial charge on any atom is 0.0696 e. The molecule has 0 saturated carbocycles. The van der Waals surface area contributed by atoms with Crippen molar-refractivity contribution in [2.45, 2.75) is 19.4 Å². The summed E-state index contributed by atoms with van der Waals surface area (Å²) >= 11 is 0. The lowest BCUT2D eigenvalue weighted by Gasteiger charge is -2.34. The van der Waals surface area contributed by atoms with Crippen LogP contribution >= 0.6 is 0 Å². The van der Waals surface area contributed by atoms with E-state index < -0.39 is 0 Å². The molecule has 1 aliphatic rings. The Kier molecular flexibility index (Phi) is 3.30. The Morgan fingerprint density at radius 1 is 1.45 bits per heavy atom. The van der Waals surface area contributed by atoms with Crippen LogP contribution in [0.1, 0.15) is 13.3 Å². The summed E-state index contributed by atoms with van der Waals surface area (Å²) < 4.78 is 0. The van der Waals surface area contributed by atoms with Crippen molar-refractivity contribution in [3.63, 3.8) is 0 Å². The Morgan fingerprint density at radius 3 is 2.64 bits per heavy atom. The predicted octanol–water partition coefficient (Wildman–Crippen LogP) is -0.415. The molecule has 0 aromatic heterocycles. The van der Waals surface area contributed by atoms with Gasteiger partial charge < -0.3 is 15.5 Å². The highest BCUT2D eigenvalue weighted by Gasteiger charge is 2.29. The summed E-state index contributed by atoms with van der Waals surface area (Å²) in [4.78, 5) is 0. The number of aliphatic hydroxyl groups excluding tert-OH is 2. The van der Waals surface area contributed by atoms with Gasteiger partial charge in [-0.2, -0.15) is 0 Å². The van der Waals surface area contributed by atoms with Gasteiger partial charge in [-0.15, -0.1) is 0 Å². The summed E-state index contributed by atoms with van der Waals surface area (Å²) in [6, 6.07) is 0. The summed E-state index contributed by atoms with van der Waals surface area (Å²) in [5.41, 5.74) is 0. The van der Waals surface area contributed by atoms with E-state index in [1.54, 1.807) is 0 Å². The Balaban J connectivity index is 2.48. The van der Waals surface area contributed by atoms with Gasteiger partial charge in [-0.25, -0.2) is 0 Å². The third-order valence-electron chi connectivity index (χ3n) is 2.57. The van der Waals surface area contributed by atoms with E-state index in [4.69, 9.17) is 5.11 Å². The van der Waals surface area contributed by atoms with E-state index in [1.807, 2.05) is 0 Å². The van der Waals surface area contributed by atoms with E-state index in [0.717, 1.165) is 13.0 Å². The van der Waals surface area contributed by atoms with Crippen LogP contribution in [0.25, 0.3) is 0 Å². The van der Waals surface area contributed by atoms with Crippen LogP contribution in [0.3, 0.4) is 0 Å². The molecule has 66 valence electrons. The average molecular weight is 159 g/mol. The maximum atomic E-state index is 9.50. The normalized spacial score (nSPS) is 39.0. The molecule has 3 heteroatoms. The maximum absolute atomic E-state index is 9.50. The second-order valence-electron chi connectivity index (χ2n) is 3.24. The average Bonchev–Trinajstić information content (AvgIpc) is 2.04. The van der Waals surface area contributed by atoms with E-state index in [0.29, 0.717) is 6.54 Å². The van der Waals surface area contributed by atoms with Gasteiger partial charge in [0, 0.05) is 19.7 Å². The molecule has 0 aliphatic carbocycles. The number of hydrogen-bond donors (Lipinski definition) is 3. The lowest BCUT2D eigenvalue weighted by atomic mass is 9.83. The van der Waals surface area contributed by atoms with Crippen molar-refractivity contribution in [2.75, 3.05) is 19.7 Å². The largest absolute Gasteiger partial charge is 0.396 e. The topological polar surface area (TPSA) is 52.5 Å². The summed E-state index contributed by atoms with van der Waals surface area (Å²) in [5, 5.41) is 21.5. The van der Waals surface area contributed by atoms with Crippen LogP contribution in [-0.2, 0) is 0 Å². The van der Waals surface area contributed by atoms with Crippen LogP contribution in [-0.4, -0.2) is 36.0 Å². The fraction of sp³-hybridized carbons (Fsp3) is 1.00. The molecule has 1 saturated heterocycles. The Labute approximate surface area is 67.4 Å². The van der Waals surface area contributed by atoms with Crippen LogP contribution < -0.4 is 5.32 Å². The quantitative estimate of drug-likeness (QED) is 0.513. The zero-order valence-corrected chi connectivity index (χ0v) is 6.95. The SMILES string of the molecule is CC[C@@H]1C(CO)CNC[C@@H]1O. The number of aliphatic hydroxyl groups is 2. The van der Waals surface area contributed by atoms with Gasteiger partial charge in [-0.1, -0.05) is 13.3 Å². The Morgan fingerprint density at radius 2 is 2.18 bits per heavy atom. The number of β-amino-alcohol motifs (C(OH)–C–C–N with tert-alkyl or cyclic N) is 1. The van der Waals surface area contributed by atoms with Crippen LogP contribution in [0.5, 0.6) is 0 Å². The third kappa shape index (κ3) is 1.92. The van der Waals surface area contributed by atoms with Crippen molar-refractivity contribution in [2.24, 2.45) is 11.8 Å². The number of piperidine rings is 1. The molecular formula is C8H17NO2. The highest BCUT2D eigenvalue weighted by atomic mass is 16.3. The Bertz CT molecular complexity index is 119. The van der Waals surface area contributed by atoms with Crippen molar-refractivity contribution in [3.8, 4) is 0 Å². The van der Waals surface area contributed by atoms with Gasteiger partial charge in [0.1, 0.15) is 0 Å². The molecule has 1 fully saturated rings. The highest BCUT2D eigenvalue weighted by Crippen LogP contribution is 2.21. The molecule has 1 rings (SSSR count). The van der Waals surface area contributed by atoms with Gasteiger partial charge in [-0.05, 0) is 11.8 Å². The molecule has 0 bridgehead atoms. The van der Waals surface area contributed by atoms with E-state index in [1.165, 1.54) is 0 Å². The molecule has 1 unspecified atom stereocenters. The molecule has 0 aromatic carbocycles. The second-order valence-corrected chi connectivity index (χ2v) is 3.24. The van der Waals surface area contributed by atoms with Crippen molar-refractivity contribution >= 4 is 0 Å². The minimum Gasteiger partial charge on any atom is -0.396 e. The molecule has 3 atom stereocenters. The molecule has 0 aromatic rings. The van der Waals surface area contributed by atoms with Crippen molar-refractivity contribution in [1.29, 1.82) is 0 Å². The minimum absolute atomic E-state index is 0.183. The van der Waals surface area contributed by atoms with Gasteiger partial charge in [0.2, 0.25) is 0 Å². The number of nitrogens with one attached hydrogen (secondary N) is 1. The van der Waals surface area contributed by atoms with Crippen molar-refractivity contribution < 1.29 is 10.2 Å². The van der Waals surface area contributed by atoms with Crippen LogP contribution in [0.4, 0.5) is 0 Å². The van der Waals surface area contributed by atoms with E-state index in [-0.39, 0.29) is 24.5 Å². The molecule has 11 heavy (non-hydrogen) atoms. The van der Waals surface area contributed by atoms with Crippen LogP contribution in [0, 0.1) is 11.8 Å². The van der Waals surface area contributed by atoms with Gasteiger partial charge >= 0.3 is 0 Å². The molecular weight excluding hydrogens is 142 g/mol. The van der Waals surface area contributed by atoms with E-state index in [2.05, 4.69) is 12.2 Å². The van der Waals surface area contributed by atoms with Crippen LogP contribution in [0.2, 0.25) is 0 Å². The van der Waals surface area contributed by atoms with Gasteiger partial charge in [-0.3, -0.25) is 0 Å². The lowest BCUT2D eigenvalue weighted by molar-refractivity contribution is 0.0209. The predicted molar refractivity (Wildman–Crippen MR) is 43.2 cm³/mol. The van der Waals surface area contributed by atoms with Gasteiger partial charge in [0.05, 0.1) is 6.10 Å². The minimum atomic E-state index is -0.272. The number of rotatable bonds is 2. The lowest BCUT2D eigenvalue weighted by Crippen LogP contribution is -2.47.